The number of carbonyl (C=O) groups is 1. The summed E-state index contributed by atoms with van der Waals surface area (Å²) >= 11 is 1.81. The molecule has 4 heteroatoms. The number of aliphatic carboxylic acids is 1. The zero-order valence-electron chi connectivity index (χ0n) is 10.00. The Kier molecular flexibility index (Phi) is 4.05. The average molecular weight is 253 g/mol. The smallest absolute Gasteiger partial charge is 0.303 e. The fourth-order valence-electron chi connectivity index (χ4n) is 2.41. The molecular formula is C13H19NO2S. The van der Waals surface area contributed by atoms with Crippen LogP contribution in [-0.2, 0) is 24.1 Å². The zero-order chi connectivity index (χ0) is 12.3. The van der Waals surface area contributed by atoms with Crippen LogP contribution in [0.3, 0.4) is 0 Å². The van der Waals surface area contributed by atoms with Gasteiger partial charge in [0.05, 0.1) is 0 Å². The van der Waals surface area contributed by atoms with Crippen LogP contribution < -0.4 is 5.73 Å². The Morgan fingerprint density at radius 1 is 1.29 bits per heavy atom. The second-order valence-corrected chi connectivity index (χ2v) is 5.84. The molecule has 0 amide bonds. The number of nitrogens with two attached hydrogens (primary N) is 1. The van der Waals surface area contributed by atoms with Gasteiger partial charge in [0.2, 0.25) is 0 Å². The molecular weight excluding hydrogens is 234 g/mol. The monoisotopic (exact) mass is 253 g/mol. The van der Waals surface area contributed by atoms with Gasteiger partial charge in [0.25, 0.3) is 0 Å². The highest BCUT2D eigenvalue weighted by Crippen LogP contribution is 2.36. The average Bonchev–Trinajstić information content (AvgIpc) is 2.49. The molecule has 0 spiro atoms. The number of aryl methyl sites for hydroxylation is 2. The minimum Gasteiger partial charge on any atom is -0.481 e. The molecule has 1 aliphatic carbocycles. The number of fused-ring (bicyclic) bond motifs is 1. The van der Waals surface area contributed by atoms with Crippen LogP contribution in [0.5, 0.6) is 0 Å². The minimum absolute atomic E-state index is 0.238. The third-order valence-corrected chi connectivity index (χ3v) is 4.70. The van der Waals surface area contributed by atoms with Crippen LogP contribution in [0.2, 0.25) is 0 Å². The number of carboxylic acid groups (broad SMARTS) is 1. The molecule has 3 N–H and O–H groups in total. The Bertz CT molecular complexity index is 412. The number of thiophene rings is 1. The number of hydrogen-bond donors (Lipinski definition) is 2. The van der Waals surface area contributed by atoms with Gasteiger partial charge in [-0.05, 0) is 44.1 Å². The van der Waals surface area contributed by atoms with Crippen LogP contribution >= 0.6 is 11.3 Å². The first-order valence-corrected chi connectivity index (χ1v) is 7.11. The Hall–Kier alpha value is -1.03. The van der Waals surface area contributed by atoms with Crippen molar-refractivity contribution in [2.24, 2.45) is 0 Å². The second kappa shape index (κ2) is 5.54. The Balaban J connectivity index is 2.05. The third-order valence-electron chi connectivity index (χ3n) is 3.33. The SMILES string of the molecule is Nc1c(CCCC(=O)O)sc2c1CCCCC2. The summed E-state index contributed by atoms with van der Waals surface area (Å²) in [6, 6.07) is 0. The molecule has 0 atom stereocenters. The topological polar surface area (TPSA) is 63.3 Å². The Morgan fingerprint density at radius 2 is 2.06 bits per heavy atom. The number of anilines is 1. The largest absolute Gasteiger partial charge is 0.481 e. The molecule has 1 aromatic heterocycles. The van der Waals surface area contributed by atoms with Crippen molar-refractivity contribution in [2.75, 3.05) is 5.73 Å². The number of nitrogen functional groups attached to an aromatic ring is 1. The highest BCUT2D eigenvalue weighted by atomic mass is 32.1. The lowest BCUT2D eigenvalue weighted by Gasteiger charge is -2.01. The Morgan fingerprint density at radius 3 is 2.82 bits per heavy atom. The normalized spacial score (nSPS) is 15.3. The molecule has 2 rings (SSSR count). The van der Waals surface area contributed by atoms with Crippen molar-refractivity contribution in [1.82, 2.24) is 0 Å². The quantitative estimate of drug-likeness (QED) is 0.811. The summed E-state index contributed by atoms with van der Waals surface area (Å²) in [6.07, 6.45) is 7.82. The van der Waals surface area contributed by atoms with Crippen molar-refractivity contribution in [3.8, 4) is 0 Å². The van der Waals surface area contributed by atoms with Gasteiger partial charge in [0.1, 0.15) is 0 Å². The van der Waals surface area contributed by atoms with Gasteiger partial charge >= 0.3 is 5.97 Å². The number of carboxylic acids is 1. The van der Waals surface area contributed by atoms with Gasteiger partial charge in [-0.25, -0.2) is 0 Å². The summed E-state index contributed by atoms with van der Waals surface area (Å²) in [4.78, 5) is 13.1. The van der Waals surface area contributed by atoms with Crippen LogP contribution in [0.15, 0.2) is 0 Å². The lowest BCUT2D eigenvalue weighted by molar-refractivity contribution is -0.137. The van der Waals surface area contributed by atoms with E-state index in [1.54, 1.807) is 0 Å². The lowest BCUT2D eigenvalue weighted by atomic mass is 10.1. The van der Waals surface area contributed by atoms with Gasteiger partial charge < -0.3 is 10.8 Å². The molecule has 0 radical (unpaired) electrons. The molecule has 0 unspecified atom stereocenters. The van der Waals surface area contributed by atoms with E-state index >= 15 is 0 Å². The molecule has 0 saturated heterocycles. The maximum absolute atomic E-state index is 10.5. The van der Waals surface area contributed by atoms with Crippen molar-refractivity contribution in [2.45, 2.75) is 51.4 Å². The second-order valence-electron chi connectivity index (χ2n) is 4.65. The minimum atomic E-state index is -0.721. The van der Waals surface area contributed by atoms with Crippen molar-refractivity contribution in [3.05, 3.63) is 15.3 Å². The van der Waals surface area contributed by atoms with E-state index in [0.29, 0.717) is 6.42 Å². The van der Waals surface area contributed by atoms with Crippen LogP contribution in [0, 0.1) is 0 Å². The molecule has 0 saturated carbocycles. The molecule has 1 aromatic rings. The van der Waals surface area contributed by atoms with Gasteiger partial charge in [-0.15, -0.1) is 11.3 Å². The molecule has 0 fully saturated rings. The highest BCUT2D eigenvalue weighted by molar-refractivity contribution is 7.12. The van der Waals surface area contributed by atoms with Crippen molar-refractivity contribution < 1.29 is 9.90 Å². The molecule has 3 nitrogen and oxygen atoms in total. The maximum atomic E-state index is 10.5. The first-order chi connectivity index (χ1) is 8.18. The van der Waals surface area contributed by atoms with Crippen molar-refractivity contribution in [3.63, 3.8) is 0 Å². The van der Waals surface area contributed by atoms with Crippen LogP contribution in [0.4, 0.5) is 5.69 Å². The molecule has 1 heterocycles. The van der Waals surface area contributed by atoms with E-state index < -0.39 is 5.97 Å². The van der Waals surface area contributed by atoms with E-state index in [-0.39, 0.29) is 6.42 Å². The molecule has 1 aliphatic rings. The lowest BCUT2D eigenvalue weighted by Crippen LogP contribution is -1.98. The van der Waals surface area contributed by atoms with Gasteiger partial charge in [-0.1, -0.05) is 6.42 Å². The summed E-state index contributed by atoms with van der Waals surface area (Å²) in [7, 11) is 0. The predicted octanol–water partition coefficient (Wildman–Crippen LogP) is 3.01. The van der Waals surface area contributed by atoms with Gasteiger partial charge in [-0.3, -0.25) is 4.79 Å². The van der Waals surface area contributed by atoms with E-state index in [1.165, 1.54) is 34.6 Å². The summed E-state index contributed by atoms with van der Waals surface area (Å²) in [6.45, 7) is 0. The predicted molar refractivity (Wildman–Crippen MR) is 70.6 cm³/mol. The zero-order valence-corrected chi connectivity index (χ0v) is 10.8. The van der Waals surface area contributed by atoms with Gasteiger partial charge in [0, 0.05) is 21.9 Å². The van der Waals surface area contributed by atoms with Gasteiger partial charge in [0.15, 0.2) is 0 Å². The van der Waals surface area contributed by atoms with E-state index in [4.69, 9.17) is 10.8 Å². The highest BCUT2D eigenvalue weighted by Gasteiger charge is 2.17. The number of hydrogen-bond acceptors (Lipinski definition) is 3. The number of rotatable bonds is 4. The van der Waals surface area contributed by atoms with E-state index in [0.717, 1.165) is 24.9 Å². The fraction of sp³-hybridized carbons (Fsp3) is 0.615. The van der Waals surface area contributed by atoms with E-state index in [1.807, 2.05) is 11.3 Å². The van der Waals surface area contributed by atoms with Crippen LogP contribution in [0.25, 0.3) is 0 Å². The Labute approximate surface area is 106 Å². The third kappa shape index (κ3) is 3.00. The molecule has 94 valence electrons. The first-order valence-electron chi connectivity index (χ1n) is 6.29. The summed E-state index contributed by atoms with van der Waals surface area (Å²) < 4.78 is 0. The van der Waals surface area contributed by atoms with Crippen LogP contribution in [0.1, 0.15) is 47.4 Å². The molecule has 17 heavy (non-hydrogen) atoms. The molecule has 0 aliphatic heterocycles. The fourth-order valence-corrected chi connectivity index (χ4v) is 3.77. The van der Waals surface area contributed by atoms with E-state index in [9.17, 15) is 4.79 Å². The van der Waals surface area contributed by atoms with E-state index in [2.05, 4.69) is 0 Å². The summed E-state index contributed by atoms with van der Waals surface area (Å²) in [5.74, 6) is -0.721. The molecule has 0 aromatic carbocycles. The van der Waals surface area contributed by atoms with Gasteiger partial charge in [-0.2, -0.15) is 0 Å². The maximum Gasteiger partial charge on any atom is 0.303 e. The van der Waals surface area contributed by atoms with Crippen molar-refractivity contribution in [1.29, 1.82) is 0 Å². The standard InChI is InChI=1S/C13H19NO2S/c14-13-9-5-2-1-3-6-10(9)17-11(13)7-4-8-12(15)16/h1-8,14H2,(H,15,16). The summed E-state index contributed by atoms with van der Waals surface area (Å²) in [5, 5.41) is 8.63. The van der Waals surface area contributed by atoms with Crippen LogP contribution in [-0.4, -0.2) is 11.1 Å². The first kappa shape index (κ1) is 12.4. The summed E-state index contributed by atoms with van der Waals surface area (Å²) in [5.41, 5.74) is 8.49. The molecule has 0 bridgehead atoms. The van der Waals surface area contributed by atoms with Crippen molar-refractivity contribution >= 4 is 23.0 Å².